The molecule has 10 heavy (non-hydrogen) atoms. The maximum Gasteiger partial charge on any atom is 0.156 e. The number of aromatic nitrogens is 2. The van der Waals surface area contributed by atoms with Crippen molar-refractivity contribution in [1.29, 1.82) is 5.41 Å². The van der Waals surface area contributed by atoms with Crippen LogP contribution in [0.4, 0.5) is 0 Å². The van der Waals surface area contributed by atoms with E-state index in [9.17, 15) is 0 Å². The summed E-state index contributed by atoms with van der Waals surface area (Å²) in [7, 11) is 0. The molecule has 3 nitrogen and oxygen atoms in total. The van der Waals surface area contributed by atoms with Crippen LogP contribution in [0.1, 0.15) is 11.4 Å². The molecule has 0 saturated carbocycles. The highest BCUT2D eigenvalue weighted by molar-refractivity contribution is 9.08. The Hall–Kier alpha value is -0.640. The minimum Gasteiger partial charge on any atom is -0.282 e. The smallest absolute Gasteiger partial charge is 0.156 e. The molecule has 0 aliphatic carbocycles. The molecule has 0 spiro atoms. The average Bonchev–Trinajstić information content (AvgIpc) is 1.82. The highest BCUT2D eigenvalue weighted by Crippen LogP contribution is 1.93. The number of rotatable bonds is 0. The lowest BCUT2D eigenvalue weighted by atomic mass is 10.4. The molecule has 1 aromatic rings. The molecule has 1 heterocycles. The van der Waals surface area contributed by atoms with E-state index in [2.05, 4.69) is 21.1 Å². The summed E-state index contributed by atoms with van der Waals surface area (Å²) in [5, 5.41) is 7.39. The van der Waals surface area contributed by atoms with Gasteiger partial charge in [0.2, 0.25) is 0 Å². The third-order valence-electron chi connectivity index (χ3n) is 1.20. The highest BCUT2D eigenvalue weighted by Gasteiger charge is 1.94. The SMILES string of the molecule is Cc1cn(Br)c(=N)c(C)n1. The zero-order valence-corrected chi connectivity index (χ0v) is 7.44. The Morgan fingerprint density at radius 3 is 2.70 bits per heavy atom. The maximum absolute atomic E-state index is 7.39. The summed E-state index contributed by atoms with van der Waals surface area (Å²) in [5.74, 6) is 0. The molecule has 0 atom stereocenters. The number of hydrogen-bond acceptors (Lipinski definition) is 2. The molecule has 1 aromatic heterocycles. The lowest BCUT2D eigenvalue weighted by Crippen LogP contribution is -2.17. The van der Waals surface area contributed by atoms with Gasteiger partial charge in [-0.05, 0) is 13.8 Å². The zero-order valence-electron chi connectivity index (χ0n) is 5.85. The highest BCUT2D eigenvalue weighted by atomic mass is 79.9. The molecule has 0 bridgehead atoms. The molecule has 54 valence electrons. The van der Waals surface area contributed by atoms with Gasteiger partial charge >= 0.3 is 0 Å². The molecule has 0 saturated heterocycles. The van der Waals surface area contributed by atoms with Crippen LogP contribution in [0.25, 0.3) is 0 Å². The molecule has 0 fully saturated rings. The van der Waals surface area contributed by atoms with Crippen molar-refractivity contribution < 1.29 is 0 Å². The van der Waals surface area contributed by atoms with Crippen LogP contribution in [0.2, 0.25) is 0 Å². The predicted octanol–water partition coefficient (Wildman–Crippen LogP) is 1.14. The monoisotopic (exact) mass is 201 g/mol. The minimum absolute atomic E-state index is 0.394. The first kappa shape index (κ1) is 7.47. The lowest BCUT2D eigenvalue weighted by molar-refractivity contribution is 0.929. The number of halogens is 1. The summed E-state index contributed by atoms with van der Waals surface area (Å²) in [6.45, 7) is 3.71. The Balaban J connectivity index is 3.46. The zero-order chi connectivity index (χ0) is 7.72. The van der Waals surface area contributed by atoms with Gasteiger partial charge in [-0.25, -0.2) is 0 Å². The van der Waals surface area contributed by atoms with Crippen LogP contribution in [0, 0.1) is 19.3 Å². The van der Waals surface area contributed by atoms with Gasteiger partial charge in [0.05, 0.1) is 27.5 Å². The van der Waals surface area contributed by atoms with E-state index in [0.29, 0.717) is 5.49 Å². The van der Waals surface area contributed by atoms with E-state index in [1.165, 1.54) is 0 Å². The van der Waals surface area contributed by atoms with E-state index in [4.69, 9.17) is 5.41 Å². The average molecular weight is 202 g/mol. The summed E-state index contributed by atoms with van der Waals surface area (Å²) >= 11 is 3.19. The molecule has 0 unspecified atom stereocenters. The Morgan fingerprint density at radius 2 is 2.20 bits per heavy atom. The quantitative estimate of drug-likeness (QED) is 0.673. The maximum atomic E-state index is 7.39. The fourth-order valence-corrected chi connectivity index (χ4v) is 1.28. The van der Waals surface area contributed by atoms with Crippen molar-refractivity contribution in [2.24, 2.45) is 0 Å². The molecular formula is C6H8BrN3. The van der Waals surface area contributed by atoms with Gasteiger partial charge in [-0.2, -0.15) is 0 Å². The second-order valence-corrected chi connectivity index (χ2v) is 2.89. The number of nitrogens with zero attached hydrogens (tertiary/aromatic N) is 2. The summed E-state index contributed by atoms with van der Waals surface area (Å²) in [4.78, 5) is 4.10. The fourth-order valence-electron chi connectivity index (χ4n) is 0.730. The van der Waals surface area contributed by atoms with Crippen molar-refractivity contribution in [1.82, 2.24) is 8.58 Å². The van der Waals surface area contributed by atoms with Crippen molar-refractivity contribution in [2.75, 3.05) is 0 Å². The van der Waals surface area contributed by atoms with Gasteiger partial charge in [0, 0.05) is 6.20 Å². The van der Waals surface area contributed by atoms with E-state index < -0.39 is 0 Å². The molecule has 0 amide bonds. The lowest BCUT2D eigenvalue weighted by Gasteiger charge is -1.99. The molecule has 4 heteroatoms. The third-order valence-corrected chi connectivity index (χ3v) is 1.76. The van der Waals surface area contributed by atoms with Crippen molar-refractivity contribution in [3.05, 3.63) is 23.1 Å². The van der Waals surface area contributed by atoms with Crippen LogP contribution in [0.3, 0.4) is 0 Å². The molecule has 0 radical (unpaired) electrons. The fraction of sp³-hybridized carbons (Fsp3) is 0.333. The summed E-state index contributed by atoms with van der Waals surface area (Å²) in [6.07, 6.45) is 1.76. The second-order valence-electron chi connectivity index (χ2n) is 2.13. The first-order valence-corrected chi connectivity index (χ1v) is 3.60. The predicted molar refractivity (Wildman–Crippen MR) is 41.9 cm³/mol. The van der Waals surface area contributed by atoms with Crippen LogP contribution in [0.15, 0.2) is 6.20 Å². The van der Waals surface area contributed by atoms with Crippen LogP contribution in [-0.2, 0) is 0 Å². The normalized spacial score (nSPS) is 9.90. The molecule has 1 N–H and O–H groups in total. The summed E-state index contributed by atoms with van der Waals surface area (Å²) < 4.78 is 1.57. The molecule has 1 rings (SSSR count). The van der Waals surface area contributed by atoms with Crippen LogP contribution >= 0.6 is 16.1 Å². The van der Waals surface area contributed by atoms with Crippen LogP contribution in [0.5, 0.6) is 0 Å². The van der Waals surface area contributed by atoms with E-state index in [0.717, 1.165) is 11.4 Å². The van der Waals surface area contributed by atoms with Gasteiger partial charge in [-0.3, -0.25) is 14.0 Å². The van der Waals surface area contributed by atoms with Gasteiger partial charge in [0.15, 0.2) is 5.49 Å². The Morgan fingerprint density at radius 1 is 1.60 bits per heavy atom. The summed E-state index contributed by atoms with van der Waals surface area (Å²) in [6, 6.07) is 0. The van der Waals surface area contributed by atoms with Crippen molar-refractivity contribution in [2.45, 2.75) is 13.8 Å². The first-order chi connectivity index (χ1) is 4.61. The largest absolute Gasteiger partial charge is 0.282 e. The molecular weight excluding hydrogens is 194 g/mol. The minimum atomic E-state index is 0.394. The van der Waals surface area contributed by atoms with E-state index >= 15 is 0 Å². The standard InChI is InChI=1S/C6H8BrN3/c1-4-3-10(7)6(8)5(2)9-4/h3,8H,1-2H3. The Kier molecular flexibility index (Phi) is 1.89. The van der Waals surface area contributed by atoms with Gasteiger partial charge < -0.3 is 0 Å². The molecule has 0 aromatic carbocycles. The van der Waals surface area contributed by atoms with Crippen molar-refractivity contribution >= 4 is 16.1 Å². The molecule has 0 aliphatic heterocycles. The third kappa shape index (κ3) is 1.26. The van der Waals surface area contributed by atoms with Crippen LogP contribution in [-0.4, -0.2) is 8.58 Å². The first-order valence-electron chi connectivity index (χ1n) is 2.89. The van der Waals surface area contributed by atoms with E-state index in [-0.39, 0.29) is 0 Å². The molecule has 0 aliphatic rings. The van der Waals surface area contributed by atoms with Crippen LogP contribution < -0.4 is 5.49 Å². The van der Waals surface area contributed by atoms with Gasteiger partial charge in [0.25, 0.3) is 0 Å². The van der Waals surface area contributed by atoms with Crippen molar-refractivity contribution in [3.8, 4) is 0 Å². The van der Waals surface area contributed by atoms with E-state index in [1.807, 2.05) is 13.8 Å². The topological polar surface area (TPSA) is 41.7 Å². The van der Waals surface area contributed by atoms with Gasteiger partial charge in [0.1, 0.15) is 0 Å². The van der Waals surface area contributed by atoms with E-state index in [1.54, 1.807) is 9.79 Å². The number of aryl methyl sites for hydroxylation is 2. The van der Waals surface area contributed by atoms with Gasteiger partial charge in [-0.1, -0.05) is 0 Å². The second kappa shape index (κ2) is 2.54. The number of nitrogens with one attached hydrogen (secondary N) is 1. The Bertz CT molecular complexity index is 276. The van der Waals surface area contributed by atoms with Crippen molar-refractivity contribution in [3.63, 3.8) is 0 Å². The Labute approximate surface area is 67.6 Å². The summed E-state index contributed by atoms with van der Waals surface area (Å²) in [5.41, 5.74) is 2.04. The van der Waals surface area contributed by atoms with Gasteiger partial charge in [-0.15, -0.1) is 0 Å². The number of hydrogen-bond donors (Lipinski definition) is 1.